The Hall–Kier alpha value is -0.780. The van der Waals surface area contributed by atoms with Gasteiger partial charge in [0.15, 0.2) is 0 Å². The van der Waals surface area contributed by atoms with Crippen molar-refractivity contribution in [1.82, 2.24) is 0 Å². The number of hydrogen-bond acceptors (Lipinski definition) is 0. The second-order valence-electron chi connectivity index (χ2n) is 3.70. The van der Waals surface area contributed by atoms with Crippen molar-refractivity contribution in [3.8, 4) is 0 Å². The van der Waals surface area contributed by atoms with Gasteiger partial charge in [-0.15, -0.1) is 0 Å². The van der Waals surface area contributed by atoms with E-state index in [2.05, 4.69) is 45.9 Å². The second-order valence-corrected chi connectivity index (χ2v) is 3.70. The van der Waals surface area contributed by atoms with Gasteiger partial charge in [-0.2, -0.15) is 0 Å². The van der Waals surface area contributed by atoms with Crippen molar-refractivity contribution in [2.75, 3.05) is 0 Å². The molecule has 0 aromatic heterocycles. The van der Waals surface area contributed by atoms with Crippen LogP contribution in [0.1, 0.15) is 43.4 Å². The molecule has 0 aliphatic heterocycles. The van der Waals surface area contributed by atoms with Crippen LogP contribution in [0.25, 0.3) is 0 Å². The van der Waals surface area contributed by atoms with Crippen LogP contribution in [0.4, 0.5) is 0 Å². The molecule has 0 bridgehead atoms. The smallest absolute Gasteiger partial charge is 0.0216 e. The Morgan fingerprint density at radius 3 is 2.42 bits per heavy atom. The van der Waals surface area contributed by atoms with E-state index in [4.69, 9.17) is 0 Å². The van der Waals surface area contributed by atoms with E-state index in [0.717, 1.165) is 6.42 Å². The van der Waals surface area contributed by atoms with E-state index in [1.165, 1.54) is 16.7 Å². The largest absolute Gasteiger partial charge is 0.0613 e. The first-order valence-corrected chi connectivity index (χ1v) is 4.74. The van der Waals surface area contributed by atoms with Crippen LogP contribution in [0.3, 0.4) is 0 Å². The van der Waals surface area contributed by atoms with Gasteiger partial charge in [0, 0.05) is 0 Å². The summed E-state index contributed by atoms with van der Waals surface area (Å²) in [6, 6.07) is 6.79. The minimum Gasteiger partial charge on any atom is -0.0613 e. The highest BCUT2D eigenvalue weighted by Crippen LogP contribution is 2.20. The summed E-state index contributed by atoms with van der Waals surface area (Å²) in [7, 11) is 0. The molecule has 0 heterocycles. The Morgan fingerprint density at radius 2 is 1.92 bits per heavy atom. The van der Waals surface area contributed by atoms with Gasteiger partial charge in [-0.25, -0.2) is 0 Å². The van der Waals surface area contributed by atoms with Crippen LogP contribution in [0, 0.1) is 6.92 Å². The maximum Gasteiger partial charge on any atom is -0.0216 e. The van der Waals surface area contributed by atoms with Gasteiger partial charge in [0.05, 0.1) is 0 Å². The second kappa shape index (κ2) is 3.75. The molecule has 1 aromatic carbocycles. The molecule has 0 atom stereocenters. The molecule has 1 aromatic rings. The maximum atomic E-state index is 2.33. The molecule has 0 amide bonds. The Morgan fingerprint density at radius 1 is 1.25 bits per heavy atom. The van der Waals surface area contributed by atoms with Crippen molar-refractivity contribution < 1.29 is 0 Å². The highest BCUT2D eigenvalue weighted by atomic mass is 14.1. The van der Waals surface area contributed by atoms with Crippen LogP contribution in [0.5, 0.6) is 0 Å². The summed E-state index contributed by atoms with van der Waals surface area (Å²) in [5.41, 5.74) is 4.36. The van der Waals surface area contributed by atoms with E-state index in [-0.39, 0.29) is 0 Å². The lowest BCUT2D eigenvalue weighted by Gasteiger charge is -2.10. The lowest BCUT2D eigenvalue weighted by atomic mass is 9.95. The van der Waals surface area contributed by atoms with Gasteiger partial charge in [0.2, 0.25) is 0 Å². The van der Waals surface area contributed by atoms with Crippen LogP contribution in [0.2, 0.25) is 0 Å². The molecule has 0 nitrogen and oxygen atoms in total. The minimum absolute atomic E-state index is 0.650. The lowest BCUT2D eigenvalue weighted by molar-refractivity contribution is 0.852. The standard InChI is InChI=1S/C12H18/c1-5-11-7-6-10(4)12(8-11)9(2)3/h6-9H,5H2,1-4H3. The Bertz CT molecular complexity index is 259. The summed E-state index contributed by atoms with van der Waals surface area (Å²) in [6.45, 7) is 8.90. The molecule has 12 heavy (non-hydrogen) atoms. The molecule has 0 saturated carbocycles. The normalized spacial score (nSPS) is 10.8. The zero-order valence-corrected chi connectivity index (χ0v) is 8.52. The topological polar surface area (TPSA) is 0 Å². The fourth-order valence-corrected chi connectivity index (χ4v) is 1.53. The Labute approximate surface area is 75.6 Å². The van der Waals surface area contributed by atoms with Crippen molar-refractivity contribution in [2.45, 2.75) is 40.0 Å². The van der Waals surface area contributed by atoms with Gasteiger partial charge in [0.25, 0.3) is 0 Å². The van der Waals surface area contributed by atoms with Crippen molar-refractivity contribution >= 4 is 0 Å². The van der Waals surface area contributed by atoms with Crippen LogP contribution in [0.15, 0.2) is 18.2 Å². The van der Waals surface area contributed by atoms with Gasteiger partial charge in [-0.1, -0.05) is 39.0 Å². The summed E-state index contributed by atoms with van der Waals surface area (Å²) >= 11 is 0. The third-order valence-corrected chi connectivity index (χ3v) is 2.37. The number of benzene rings is 1. The molecule has 0 N–H and O–H groups in total. The zero-order chi connectivity index (χ0) is 9.14. The molecule has 66 valence electrons. The van der Waals surface area contributed by atoms with Gasteiger partial charge in [0.1, 0.15) is 0 Å². The van der Waals surface area contributed by atoms with E-state index in [1.54, 1.807) is 0 Å². The summed E-state index contributed by atoms with van der Waals surface area (Å²) in [4.78, 5) is 0. The molecule has 0 heteroatoms. The predicted molar refractivity (Wildman–Crippen MR) is 54.6 cm³/mol. The summed E-state index contributed by atoms with van der Waals surface area (Å²) in [5, 5.41) is 0. The van der Waals surface area contributed by atoms with Crippen molar-refractivity contribution in [2.24, 2.45) is 0 Å². The third-order valence-electron chi connectivity index (χ3n) is 2.37. The fraction of sp³-hybridized carbons (Fsp3) is 0.500. The van der Waals surface area contributed by atoms with E-state index < -0.39 is 0 Å². The Kier molecular flexibility index (Phi) is 2.91. The third kappa shape index (κ3) is 1.88. The molecule has 1 rings (SSSR count). The first-order valence-electron chi connectivity index (χ1n) is 4.74. The van der Waals surface area contributed by atoms with Gasteiger partial charge >= 0.3 is 0 Å². The van der Waals surface area contributed by atoms with Gasteiger partial charge in [-0.05, 0) is 36.0 Å². The highest BCUT2D eigenvalue weighted by molar-refractivity contribution is 5.33. The van der Waals surface area contributed by atoms with Crippen molar-refractivity contribution in [1.29, 1.82) is 0 Å². The average molecular weight is 162 g/mol. The van der Waals surface area contributed by atoms with Crippen molar-refractivity contribution in [3.63, 3.8) is 0 Å². The predicted octanol–water partition coefficient (Wildman–Crippen LogP) is 3.68. The molecular weight excluding hydrogens is 144 g/mol. The highest BCUT2D eigenvalue weighted by Gasteiger charge is 2.02. The Balaban J connectivity index is 3.08. The summed E-state index contributed by atoms with van der Waals surface area (Å²) in [6.07, 6.45) is 1.14. The quantitative estimate of drug-likeness (QED) is 0.622. The van der Waals surface area contributed by atoms with E-state index in [1.807, 2.05) is 0 Å². The van der Waals surface area contributed by atoms with E-state index in [0.29, 0.717) is 5.92 Å². The molecular formula is C12H18. The molecule has 0 aliphatic rings. The van der Waals surface area contributed by atoms with Gasteiger partial charge < -0.3 is 0 Å². The number of aryl methyl sites for hydroxylation is 2. The monoisotopic (exact) mass is 162 g/mol. The molecule has 0 unspecified atom stereocenters. The zero-order valence-electron chi connectivity index (χ0n) is 8.52. The fourth-order valence-electron chi connectivity index (χ4n) is 1.53. The summed E-state index contributed by atoms with van der Waals surface area (Å²) in [5.74, 6) is 0.650. The van der Waals surface area contributed by atoms with Crippen molar-refractivity contribution in [3.05, 3.63) is 34.9 Å². The van der Waals surface area contributed by atoms with Crippen LogP contribution in [-0.4, -0.2) is 0 Å². The van der Waals surface area contributed by atoms with Crippen LogP contribution < -0.4 is 0 Å². The maximum absolute atomic E-state index is 2.33. The molecule has 0 radical (unpaired) electrons. The molecule has 0 spiro atoms. The van der Waals surface area contributed by atoms with Crippen LogP contribution >= 0.6 is 0 Å². The average Bonchev–Trinajstić information content (AvgIpc) is 2.05. The van der Waals surface area contributed by atoms with E-state index in [9.17, 15) is 0 Å². The first-order chi connectivity index (χ1) is 5.65. The summed E-state index contributed by atoms with van der Waals surface area (Å²) < 4.78 is 0. The molecule has 0 aliphatic carbocycles. The van der Waals surface area contributed by atoms with E-state index >= 15 is 0 Å². The number of rotatable bonds is 2. The van der Waals surface area contributed by atoms with Gasteiger partial charge in [-0.3, -0.25) is 0 Å². The SMILES string of the molecule is CCc1ccc(C)c(C(C)C)c1. The first kappa shape index (κ1) is 9.31. The molecule has 0 saturated heterocycles. The number of hydrogen-bond donors (Lipinski definition) is 0. The molecule has 0 fully saturated rings. The lowest BCUT2D eigenvalue weighted by Crippen LogP contribution is -1.93. The minimum atomic E-state index is 0.650. The van der Waals surface area contributed by atoms with Crippen LogP contribution in [-0.2, 0) is 6.42 Å².